The van der Waals surface area contributed by atoms with E-state index in [9.17, 15) is 9.59 Å². The van der Waals surface area contributed by atoms with E-state index in [0.717, 1.165) is 12.1 Å². The van der Waals surface area contributed by atoms with E-state index in [-0.39, 0.29) is 17.9 Å². The summed E-state index contributed by atoms with van der Waals surface area (Å²) in [6.45, 7) is 2.78. The fourth-order valence-electron chi connectivity index (χ4n) is 2.54. The SMILES string of the molecule is CC(=O)N1CCC(NC(=O)c2cc(-n3ccnc3)ccn2)C1. The van der Waals surface area contributed by atoms with Crippen LogP contribution >= 0.6 is 0 Å². The van der Waals surface area contributed by atoms with Gasteiger partial charge in [-0.1, -0.05) is 0 Å². The van der Waals surface area contributed by atoms with Gasteiger partial charge in [0.15, 0.2) is 0 Å². The molecule has 0 aliphatic carbocycles. The molecule has 1 N–H and O–H groups in total. The highest BCUT2D eigenvalue weighted by atomic mass is 16.2. The Morgan fingerprint density at radius 3 is 2.91 bits per heavy atom. The molecule has 1 aliphatic heterocycles. The summed E-state index contributed by atoms with van der Waals surface area (Å²) < 4.78 is 1.81. The van der Waals surface area contributed by atoms with E-state index in [1.807, 2.05) is 10.6 Å². The quantitative estimate of drug-likeness (QED) is 0.901. The Bertz CT molecular complexity index is 683. The lowest BCUT2D eigenvalue weighted by Crippen LogP contribution is -2.38. The molecular formula is C15H17N5O2. The van der Waals surface area contributed by atoms with Crippen LogP contribution in [0.25, 0.3) is 5.69 Å². The van der Waals surface area contributed by atoms with Crippen LogP contribution in [0.4, 0.5) is 0 Å². The maximum absolute atomic E-state index is 12.3. The minimum atomic E-state index is -0.225. The molecule has 1 unspecified atom stereocenters. The van der Waals surface area contributed by atoms with Crippen LogP contribution < -0.4 is 5.32 Å². The maximum Gasteiger partial charge on any atom is 0.270 e. The van der Waals surface area contributed by atoms with Crippen molar-refractivity contribution in [2.45, 2.75) is 19.4 Å². The van der Waals surface area contributed by atoms with Crippen LogP contribution in [-0.2, 0) is 4.79 Å². The van der Waals surface area contributed by atoms with Gasteiger partial charge in [-0.05, 0) is 18.6 Å². The van der Waals surface area contributed by atoms with Crippen molar-refractivity contribution in [1.82, 2.24) is 24.8 Å². The van der Waals surface area contributed by atoms with Crippen LogP contribution in [0.2, 0.25) is 0 Å². The topological polar surface area (TPSA) is 80.1 Å². The van der Waals surface area contributed by atoms with Crippen LogP contribution in [0.5, 0.6) is 0 Å². The van der Waals surface area contributed by atoms with Gasteiger partial charge in [-0.2, -0.15) is 0 Å². The molecule has 0 aromatic carbocycles. The van der Waals surface area contributed by atoms with E-state index in [0.29, 0.717) is 18.8 Å². The third-order valence-electron chi connectivity index (χ3n) is 3.75. The Labute approximate surface area is 128 Å². The zero-order valence-electron chi connectivity index (χ0n) is 12.3. The van der Waals surface area contributed by atoms with Gasteiger partial charge < -0.3 is 14.8 Å². The smallest absolute Gasteiger partial charge is 0.270 e. The van der Waals surface area contributed by atoms with Crippen molar-refractivity contribution in [2.75, 3.05) is 13.1 Å². The molecule has 114 valence electrons. The van der Waals surface area contributed by atoms with Crippen molar-refractivity contribution in [2.24, 2.45) is 0 Å². The van der Waals surface area contributed by atoms with E-state index in [2.05, 4.69) is 15.3 Å². The highest BCUT2D eigenvalue weighted by molar-refractivity contribution is 5.93. The first-order valence-electron chi connectivity index (χ1n) is 7.14. The number of nitrogens with one attached hydrogen (secondary N) is 1. The van der Waals surface area contributed by atoms with Crippen molar-refractivity contribution in [3.05, 3.63) is 42.7 Å². The number of hydrogen-bond donors (Lipinski definition) is 1. The van der Waals surface area contributed by atoms with Crippen molar-refractivity contribution in [1.29, 1.82) is 0 Å². The zero-order chi connectivity index (χ0) is 15.5. The number of hydrogen-bond acceptors (Lipinski definition) is 4. The Kier molecular flexibility index (Phi) is 3.86. The lowest BCUT2D eigenvalue weighted by atomic mass is 10.2. The van der Waals surface area contributed by atoms with Gasteiger partial charge in [0.25, 0.3) is 5.91 Å². The number of rotatable bonds is 3. The van der Waals surface area contributed by atoms with Crippen LogP contribution in [0.15, 0.2) is 37.1 Å². The lowest BCUT2D eigenvalue weighted by Gasteiger charge is -2.15. The van der Waals surface area contributed by atoms with Crippen molar-refractivity contribution in [3.63, 3.8) is 0 Å². The van der Waals surface area contributed by atoms with E-state index in [4.69, 9.17) is 0 Å². The number of pyridine rings is 1. The monoisotopic (exact) mass is 299 g/mol. The highest BCUT2D eigenvalue weighted by Gasteiger charge is 2.25. The van der Waals surface area contributed by atoms with Gasteiger partial charge >= 0.3 is 0 Å². The zero-order valence-corrected chi connectivity index (χ0v) is 12.3. The van der Waals surface area contributed by atoms with E-state index >= 15 is 0 Å². The largest absolute Gasteiger partial charge is 0.346 e. The average Bonchev–Trinajstić information content (AvgIpc) is 3.19. The fraction of sp³-hybridized carbons (Fsp3) is 0.333. The Morgan fingerprint density at radius 1 is 1.36 bits per heavy atom. The summed E-state index contributed by atoms with van der Waals surface area (Å²) in [6.07, 6.45) is 7.51. The van der Waals surface area contributed by atoms with Crippen molar-refractivity contribution in [3.8, 4) is 5.69 Å². The molecule has 22 heavy (non-hydrogen) atoms. The standard InChI is InChI=1S/C15H17N5O2/c1-11(21)19-6-3-12(9-19)18-15(22)14-8-13(2-4-17-14)20-7-5-16-10-20/h2,4-5,7-8,10,12H,3,6,9H2,1H3,(H,18,22). The first-order chi connectivity index (χ1) is 10.6. The van der Waals surface area contributed by atoms with Crippen molar-refractivity contribution < 1.29 is 9.59 Å². The third-order valence-corrected chi connectivity index (χ3v) is 3.75. The summed E-state index contributed by atoms with van der Waals surface area (Å²) in [6, 6.07) is 3.51. The Morgan fingerprint density at radius 2 is 2.23 bits per heavy atom. The summed E-state index contributed by atoms with van der Waals surface area (Å²) in [5.41, 5.74) is 1.18. The summed E-state index contributed by atoms with van der Waals surface area (Å²) in [7, 11) is 0. The number of imidazole rings is 1. The molecule has 3 heterocycles. The molecule has 7 heteroatoms. The number of amides is 2. The summed E-state index contributed by atoms with van der Waals surface area (Å²) in [4.78, 5) is 33.5. The molecule has 2 aromatic heterocycles. The molecule has 1 fully saturated rings. The molecule has 0 radical (unpaired) electrons. The third kappa shape index (κ3) is 2.98. The number of nitrogens with zero attached hydrogens (tertiary/aromatic N) is 4. The molecule has 1 atom stereocenters. The van der Waals surface area contributed by atoms with Gasteiger partial charge in [-0.25, -0.2) is 4.98 Å². The van der Waals surface area contributed by atoms with Gasteiger partial charge in [0.2, 0.25) is 5.91 Å². The average molecular weight is 299 g/mol. The Balaban J connectivity index is 1.68. The molecule has 1 saturated heterocycles. The molecule has 7 nitrogen and oxygen atoms in total. The normalized spacial score (nSPS) is 17.5. The van der Waals surface area contributed by atoms with E-state index < -0.39 is 0 Å². The predicted molar refractivity (Wildman–Crippen MR) is 79.5 cm³/mol. The molecule has 3 rings (SSSR count). The summed E-state index contributed by atoms with van der Waals surface area (Å²) >= 11 is 0. The van der Waals surface area contributed by atoms with Gasteiger partial charge in [0, 0.05) is 44.6 Å². The molecular weight excluding hydrogens is 282 g/mol. The summed E-state index contributed by atoms with van der Waals surface area (Å²) in [5, 5.41) is 2.93. The van der Waals surface area contributed by atoms with Crippen LogP contribution in [0.3, 0.4) is 0 Å². The number of aromatic nitrogens is 3. The van der Waals surface area contributed by atoms with Gasteiger partial charge in [-0.3, -0.25) is 14.6 Å². The minimum Gasteiger partial charge on any atom is -0.346 e. The predicted octanol–water partition coefficient (Wildman–Crippen LogP) is 0.618. The fourth-order valence-corrected chi connectivity index (χ4v) is 2.54. The first kappa shape index (κ1) is 14.2. The molecule has 0 bridgehead atoms. The highest BCUT2D eigenvalue weighted by Crippen LogP contribution is 2.11. The van der Waals surface area contributed by atoms with Crippen LogP contribution in [0, 0.1) is 0 Å². The van der Waals surface area contributed by atoms with Crippen LogP contribution in [-0.4, -0.2) is 50.4 Å². The minimum absolute atomic E-state index is 0.0184. The second-order valence-corrected chi connectivity index (χ2v) is 5.29. The van der Waals surface area contributed by atoms with Crippen molar-refractivity contribution >= 4 is 11.8 Å². The maximum atomic E-state index is 12.3. The lowest BCUT2D eigenvalue weighted by molar-refractivity contribution is -0.127. The van der Waals surface area contributed by atoms with Gasteiger partial charge in [0.1, 0.15) is 5.69 Å². The second-order valence-electron chi connectivity index (χ2n) is 5.29. The van der Waals surface area contributed by atoms with Gasteiger partial charge in [-0.15, -0.1) is 0 Å². The van der Waals surface area contributed by atoms with E-state index in [1.165, 1.54) is 0 Å². The Hall–Kier alpha value is -2.70. The summed E-state index contributed by atoms with van der Waals surface area (Å²) in [5.74, 6) is -0.186. The number of carbonyl (C=O) groups is 2. The second kappa shape index (κ2) is 5.97. The molecule has 0 saturated carbocycles. The molecule has 1 aliphatic rings. The molecule has 2 aromatic rings. The van der Waals surface area contributed by atoms with Gasteiger partial charge in [0.05, 0.1) is 12.0 Å². The first-order valence-corrected chi connectivity index (χ1v) is 7.14. The number of likely N-dealkylation sites (tertiary alicyclic amines) is 1. The molecule has 0 spiro atoms. The van der Waals surface area contributed by atoms with E-state index in [1.54, 1.807) is 42.8 Å². The molecule has 2 amide bonds. The van der Waals surface area contributed by atoms with Crippen LogP contribution in [0.1, 0.15) is 23.8 Å². The number of carbonyl (C=O) groups excluding carboxylic acids is 2.